The maximum atomic E-state index is 13.0. The molecule has 0 aliphatic carbocycles. The first-order valence-electron chi connectivity index (χ1n) is 14.2. The molecule has 0 aliphatic rings. The third-order valence-corrected chi connectivity index (χ3v) is 6.86. The van der Waals surface area contributed by atoms with Crippen LogP contribution in [0.15, 0.2) is 60.7 Å². The van der Waals surface area contributed by atoms with Crippen LogP contribution in [0.5, 0.6) is 0 Å². The molecule has 0 radical (unpaired) electrons. The molecule has 0 atom stereocenters. The van der Waals surface area contributed by atoms with Gasteiger partial charge in [-0.05, 0) is 17.5 Å². The fourth-order valence-corrected chi connectivity index (χ4v) is 4.77. The minimum Gasteiger partial charge on any atom is -0.355 e. The van der Waals surface area contributed by atoms with E-state index >= 15 is 0 Å². The second-order valence-corrected chi connectivity index (χ2v) is 9.85. The zero-order valence-corrected chi connectivity index (χ0v) is 21.8. The summed E-state index contributed by atoms with van der Waals surface area (Å²) < 4.78 is 0. The molecule has 0 saturated carbocycles. The van der Waals surface area contributed by atoms with E-state index < -0.39 is 0 Å². The molecular weight excluding hydrogens is 414 g/mol. The second-order valence-electron chi connectivity index (χ2n) is 9.85. The molecule has 0 bridgehead atoms. The first-order valence-corrected chi connectivity index (χ1v) is 14.2. The van der Waals surface area contributed by atoms with E-state index in [1.807, 2.05) is 60.7 Å². The lowest BCUT2D eigenvalue weighted by Gasteiger charge is -2.18. The largest absolute Gasteiger partial charge is 0.355 e. The molecule has 2 aromatic carbocycles. The van der Waals surface area contributed by atoms with Gasteiger partial charge in [-0.25, -0.2) is 0 Å². The number of rotatable bonds is 20. The van der Waals surface area contributed by atoms with Crippen LogP contribution in [0.4, 0.5) is 0 Å². The minimum absolute atomic E-state index is 0.110. The average Bonchev–Trinajstić information content (AvgIpc) is 2.87. The van der Waals surface area contributed by atoms with Gasteiger partial charge in [-0.15, -0.1) is 0 Å². The first kappa shape index (κ1) is 28.1. The molecule has 34 heavy (non-hydrogen) atoms. The van der Waals surface area contributed by atoms with Crippen molar-refractivity contribution in [1.29, 1.82) is 0 Å². The number of hydrogen-bond donors (Lipinski definition) is 1. The number of nitrogens with one attached hydrogen (secondary N) is 1. The van der Waals surface area contributed by atoms with Gasteiger partial charge < -0.3 is 5.32 Å². The van der Waals surface area contributed by atoms with E-state index in [-0.39, 0.29) is 11.8 Å². The summed E-state index contributed by atoms with van der Waals surface area (Å²) in [6, 6.07) is 20.2. The van der Waals surface area contributed by atoms with Crippen LogP contribution in [-0.4, -0.2) is 12.5 Å². The van der Waals surface area contributed by atoms with Crippen molar-refractivity contribution in [3.05, 3.63) is 71.8 Å². The number of carbonyl (C=O) groups excluding carboxylic acids is 1. The predicted molar refractivity (Wildman–Crippen MR) is 147 cm³/mol. The van der Waals surface area contributed by atoms with Gasteiger partial charge in [0, 0.05) is 6.54 Å². The topological polar surface area (TPSA) is 29.1 Å². The van der Waals surface area contributed by atoms with E-state index in [4.69, 9.17) is 0 Å². The van der Waals surface area contributed by atoms with Gasteiger partial charge in [-0.3, -0.25) is 4.79 Å². The number of hydrogen-bond acceptors (Lipinski definition) is 1. The van der Waals surface area contributed by atoms with Crippen molar-refractivity contribution < 1.29 is 4.79 Å². The van der Waals surface area contributed by atoms with Crippen molar-refractivity contribution in [2.45, 2.75) is 116 Å². The minimum atomic E-state index is -0.233. The quantitative estimate of drug-likeness (QED) is 0.195. The van der Waals surface area contributed by atoms with Crippen LogP contribution >= 0.6 is 0 Å². The molecule has 1 amide bonds. The van der Waals surface area contributed by atoms with E-state index in [1.165, 1.54) is 96.3 Å². The van der Waals surface area contributed by atoms with Gasteiger partial charge in [-0.1, -0.05) is 164 Å². The molecule has 0 aromatic heterocycles. The summed E-state index contributed by atoms with van der Waals surface area (Å²) in [4.78, 5) is 13.0. The van der Waals surface area contributed by atoms with E-state index in [2.05, 4.69) is 12.2 Å². The van der Waals surface area contributed by atoms with E-state index in [1.54, 1.807) is 0 Å². The van der Waals surface area contributed by atoms with Crippen molar-refractivity contribution in [3.63, 3.8) is 0 Å². The highest BCUT2D eigenvalue weighted by molar-refractivity contribution is 5.87. The lowest BCUT2D eigenvalue weighted by molar-refractivity contribution is -0.121. The van der Waals surface area contributed by atoms with Crippen molar-refractivity contribution in [2.75, 3.05) is 6.54 Å². The summed E-state index contributed by atoms with van der Waals surface area (Å²) in [5.74, 6) is -0.123. The van der Waals surface area contributed by atoms with Gasteiger partial charge in [0.25, 0.3) is 0 Å². The Morgan fingerprint density at radius 3 is 1.29 bits per heavy atom. The molecule has 2 nitrogen and oxygen atoms in total. The third kappa shape index (κ3) is 12.4. The molecule has 2 heteroatoms. The summed E-state index contributed by atoms with van der Waals surface area (Å²) in [5.41, 5.74) is 2.11. The van der Waals surface area contributed by atoms with Gasteiger partial charge in [0.2, 0.25) is 5.91 Å². The molecule has 0 heterocycles. The van der Waals surface area contributed by atoms with E-state index in [0.717, 1.165) is 24.1 Å². The smallest absolute Gasteiger partial charge is 0.232 e. The Bertz CT molecular complexity index is 688. The predicted octanol–water partition coefficient (Wildman–Crippen LogP) is 9.20. The van der Waals surface area contributed by atoms with Crippen LogP contribution in [0, 0.1) is 0 Å². The summed E-state index contributed by atoms with van der Waals surface area (Å²) in [6.45, 7) is 3.06. The summed E-state index contributed by atoms with van der Waals surface area (Å²) in [7, 11) is 0. The Morgan fingerprint density at radius 1 is 0.559 bits per heavy atom. The number of amides is 1. The highest BCUT2D eigenvalue weighted by atomic mass is 16.1. The van der Waals surface area contributed by atoms with Gasteiger partial charge in [0.1, 0.15) is 0 Å². The number of unbranched alkanes of at least 4 members (excludes halogenated alkanes) is 15. The SMILES string of the molecule is CCCCCCCCCCCCCCCCCCNC(=O)C(c1ccccc1)c1ccccc1. The maximum Gasteiger partial charge on any atom is 0.232 e. The number of carbonyl (C=O) groups is 1. The molecule has 188 valence electrons. The highest BCUT2D eigenvalue weighted by Crippen LogP contribution is 2.24. The van der Waals surface area contributed by atoms with Crippen molar-refractivity contribution in [1.82, 2.24) is 5.32 Å². The molecule has 0 spiro atoms. The second kappa shape index (κ2) is 19.2. The van der Waals surface area contributed by atoms with Crippen LogP contribution in [0.1, 0.15) is 127 Å². The lowest BCUT2D eigenvalue weighted by atomic mass is 9.90. The monoisotopic (exact) mass is 463 g/mol. The van der Waals surface area contributed by atoms with Crippen LogP contribution < -0.4 is 5.32 Å². The van der Waals surface area contributed by atoms with Crippen molar-refractivity contribution in [2.24, 2.45) is 0 Å². The molecule has 0 saturated heterocycles. The Morgan fingerprint density at radius 2 is 0.912 bits per heavy atom. The zero-order valence-electron chi connectivity index (χ0n) is 21.8. The van der Waals surface area contributed by atoms with Crippen molar-refractivity contribution >= 4 is 5.91 Å². The Balaban J connectivity index is 1.47. The molecule has 1 N–H and O–H groups in total. The van der Waals surface area contributed by atoms with Crippen molar-refractivity contribution in [3.8, 4) is 0 Å². The zero-order chi connectivity index (χ0) is 24.1. The molecule has 2 rings (SSSR count). The summed E-state index contributed by atoms with van der Waals surface area (Å²) in [6.07, 6.45) is 21.9. The molecule has 0 unspecified atom stereocenters. The molecule has 0 fully saturated rings. The van der Waals surface area contributed by atoms with Gasteiger partial charge in [0.15, 0.2) is 0 Å². The van der Waals surface area contributed by atoms with Crippen LogP contribution in [-0.2, 0) is 4.79 Å². The van der Waals surface area contributed by atoms with Gasteiger partial charge >= 0.3 is 0 Å². The van der Waals surface area contributed by atoms with E-state index in [9.17, 15) is 4.79 Å². The highest BCUT2D eigenvalue weighted by Gasteiger charge is 2.21. The third-order valence-electron chi connectivity index (χ3n) is 6.86. The molecule has 0 aliphatic heterocycles. The Kier molecular flexibility index (Phi) is 15.9. The summed E-state index contributed by atoms with van der Waals surface area (Å²) in [5, 5.41) is 3.19. The fourth-order valence-electron chi connectivity index (χ4n) is 4.77. The van der Waals surface area contributed by atoms with Gasteiger partial charge in [-0.2, -0.15) is 0 Å². The molecule has 2 aromatic rings. The number of benzene rings is 2. The molecular formula is C32H49NO. The fraction of sp³-hybridized carbons (Fsp3) is 0.594. The van der Waals surface area contributed by atoms with Crippen LogP contribution in [0.3, 0.4) is 0 Å². The van der Waals surface area contributed by atoms with Gasteiger partial charge in [0.05, 0.1) is 5.92 Å². The maximum absolute atomic E-state index is 13.0. The normalized spacial score (nSPS) is 11.1. The summed E-state index contributed by atoms with van der Waals surface area (Å²) >= 11 is 0. The Labute approximate surface area is 209 Å². The average molecular weight is 464 g/mol. The first-order chi connectivity index (χ1) is 16.8. The van der Waals surface area contributed by atoms with Crippen LogP contribution in [0.2, 0.25) is 0 Å². The standard InChI is InChI=1S/C32H49NO/c1-2-3-4-5-6-7-8-9-10-11-12-13-14-15-16-23-28-33-32(34)31(29-24-19-17-20-25-29)30-26-21-18-22-27-30/h17-22,24-27,31H,2-16,23,28H2,1H3,(H,33,34). The van der Waals surface area contributed by atoms with E-state index in [0.29, 0.717) is 0 Å². The lowest BCUT2D eigenvalue weighted by Crippen LogP contribution is -2.30. The van der Waals surface area contributed by atoms with Crippen LogP contribution in [0.25, 0.3) is 0 Å². The Hall–Kier alpha value is -2.09.